The Balaban J connectivity index is 2.61. The van der Waals surface area contributed by atoms with Gasteiger partial charge in [0.15, 0.2) is 0 Å². The molecule has 0 bridgehead atoms. The van der Waals surface area contributed by atoms with Gasteiger partial charge in [-0.25, -0.2) is 0 Å². The molecule has 2 aromatic rings. The minimum absolute atomic E-state index is 0.214. The number of nitrogens with two attached hydrogens (primary N) is 1. The van der Waals surface area contributed by atoms with E-state index in [1.165, 1.54) is 0 Å². The molecule has 0 saturated carbocycles. The Kier molecular flexibility index (Phi) is 4.99. The summed E-state index contributed by atoms with van der Waals surface area (Å²) in [5.74, 6) is 0.538. The van der Waals surface area contributed by atoms with Crippen LogP contribution in [0.1, 0.15) is 25.8 Å². The zero-order valence-electron chi connectivity index (χ0n) is 12.9. The minimum atomic E-state index is -0.252. The average Bonchev–Trinajstić information content (AvgIpc) is 2.52. The van der Waals surface area contributed by atoms with Crippen molar-refractivity contribution in [3.63, 3.8) is 0 Å². The van der Waals surface area contributed by atoms with Crippen LogP contribution in [0.3, 0.4) is 0 Å². The van der Waals surface area contributed by atoms with Crippen molar-refractivity contribution in [1.29, 1.82) is 5.41 Å². The first kappa shape index (κ1) is 15.8. The van der Waals surface area contributed by atoms with Crippen LogP contribution < -0.4 is 16.0 Å². The summed E-state index contributed by atoms with van der Waals surface area (Å²) < 4.78 is 7.39. The van der Waals surface area contributed by atoms with Crippen LogP contribution in [-0.4, -0.2) is 17.0 Å². The summed E-state index contributed by atoms with van der Waals surface area (Å²) in [5, 5.41) is 7.50. The molecule has 116 valence electrons. The Morgan fingerprint density at radius 3 is 2.59 bits per heavy atom. The molecule has 0 saturated heterocycles. The third-order valence-corrected chi connectivity index (χ3v) is 3.41. The smallest absolute Gasteiger partial charge is 0.261 e. The van der Waals surface area contributed by atoms with Gasteiger partial charge in [0.1, 0.15) is 11.6 Å². The molecular formula is C17H21N3O2. The highest BCUT2D eigenvalue weighted by Crippen LogP contribution is 2.29. The summed E-state index contributed by atoms with van der Waals surface area (Å²) in [6.45, 7) is 5.06. The fourth-order valence-corrected chi connectivity index (χ4v) is 2.35. The van der Waals surface area contributed by atoms with E-state index >= 15 is 0 Å². The number of ether oxygens (including phenoxy) is 1. The molecular weight excluding hydrogens is 278 g/mol. The molecule has 0 aliphatic heterocycles. The third-order valence-electron chi connectivity index (χ3n) is 3.41. The molecule has 0 atom stereocenters. The normalized spacial score (nSPS) is 10.5. The van der Waals surface area contributed by atoms with Crippen LogP contribution >= 0.6 is 0 Å². The van der Waals surface area contributed by atoms with Gasteiger partial charge in [-0.3, -0.25) is 10.2 Å². The van der Waals surface area contributed by atoms with Crippen LogP contribution in [0.4, 0.5) is 0 Å². The van der Waals surface area contributed by atoms with Crippen molar-refractivity contribution in [1.82, 2.24) is 4.57 Å². The maximum Gasteiger partial charge on any atom is 0.261 e. The van der Waals surface area contributed by atoms with Crippen LogP contribution in [0, 0.1) is 5.41 Å². The highest BCUT2D eigenvalue weighted by Gasteiger charge is 2.14. The number of aromatic nitrogens is 1. The summed E-state index contributed by atoms with van der Waals surface area (Å²) in [4.78, 5) is 12.5. The molecule has 0 aliphatic carbocycles. The van der Waals surface area contributed by atoms with Gasteiger partial charge in [0.05, 0.1) is 17.9 Å². The lowest BCUT2D eigenvalue weighted by Crippen LogP contribution is -2.30. The number of hydrogen-bond donors (Lipinski definition) is 2. The quantitative estimate of drug-likeness (QED) is 0.635. The molecule has 0 radical (unpaired) electrons. The molecule has 2 rings (SSSR count). The Morgan fingerprint density at radius 2 is 1.95 bits per heavy atom. The highest BCUT2D eigenvalue weighted by molar-refractivity contribution is 5.94. The predicted molar refractivity (Wildman–Crippen MR) is 88.6 cm³/mol. The monoisotopic (exact) mass is 299 g/mol. The average molecular weight is 299 g/mol. The van der Waals surface area contributed by atoms with Gasteiger partial charge in [0, 0.05) is 12.1 Å². The van der Waals surface area contributed by atoms with Gasteiger partial charge >= 0.3 is 0 Å². The van der Waals surface area contributed by atoms with Crippen LogP contribution in [0.15, 0.2) is 41.2 Å². The van der Waals surface area contributed by atoms with E-state index < -0.39 is 0 Å². The molecule has 0 spiro atoms. The number of nitrogens with one attached hydrogen (secondary N) is 1. The van der Waals surface area contributed by atoms with Crippen molar-refractivity contribution >= 4 is 5.84 Å². The van der Waals surface area contributed by atoms with Crippen molar-refractivity contribution in [3.05, 3.63) is 52.3 Å². The molecule has 0 aliphatic rings. The molecule has 0 amide bonds. The minimum Gasteiger partial charge on any atom is -0.493 e. The summed E-state index contributed by atoms with van der Waals surface area (Å²) in [7, 11) is 0. The number of amidine groups is 1. The van der Waals surface area contributed by atoms with Crippen LogP contribution in [0.5, 0.6) is 5.75 Å². The second-order valence-corrected chi connectivity index (χ2v) is 4.94. The van der Waals surface area contributed by atoms with Crippen LogP contribution in [0.25, 0.3) is 11.3 Å². The van der Waals surface area contributed by atoms with E-state index in [1.807, 2.05) is 44.2 Å². The third kappa shape index (κ3) is 3.03. The number of pyridine rings is 1. The van der Waals surface area contributed by atoms with Gasteiger partial charge in [0.25, 0.3) is 5.56 Å². The molecule has 1 aromatic heterocycles. The molecule has 5 heteroatoms. The number of para-hydroxylation sites is 1. The molecule has 5 nitrogen and oxygen atoms in total. The summed E-state index contributed by atoms with van der Waals surface area (Å²) >= 11 is 0. The van der Waals surface area contributed by atoms with Crippen molar-refractivity contribution in [2.45, 2.75) is 26.8 Å². The second-order valence-electron chi connectivity index (χ2n) is 4.94. The maximum absolute atomic E-state index is 12.5. The van der Waals surface area contributed by atoms with Crippen molar-refractivity contribution in [2.75, 3.05) is 6.61 Å². The zero-order valence-corrected chi connectivity index (χ0v) is 12.9. The SMILES string of the molecule is CCCOc1ccccc1-c1ccc(C(=N)N)c(=O)n1CC. The van der Waals surface area contributed by atoms with E-state index in [-0.39, 0.29) is 17.0 Å². The molecule has 3 N–H and O–H groups in total. The Hall–Kier alpha value is -2.56. The lowest BCUT2D eigenvalue weighted by atomic mass is 10.1. The van der Waals surface area contributed by atoms with E-state index in [0.29, 0.717) is 13.2 Å². The molecule has 0 unspecified atom stereocenters. The lowest BCUT2D eigenvalue weighted by Gasteiger charge is -2.16. The van der Waals surface area contributed by atoms with Gasteiger partial charge in [-0.15, -0.1) is 0 Å². The topological polar surface area (TPSA) is 81.1 Å². The van der Waals surface area contributed by atoms with Crippen molar-refractivity contribution in [2.24, 2.45) is 5.73 Å². The first-order valence-electron chi connectivity index (χ1n) is 7.40. The zero-order chi connectivity index (χ0) is 16.1. The number of benzene rings is 1. The maximum atomic E-state index is 12.5. The highest BCUT2D eigenvalue weighted by atomic mass is 16.5. The Labute approximate surface area is 129 Å². The molecule has 0 fully saturated rings. The molecule has 1 heterocycles. The molecule has 1 aromatic carbocycles. The summed E-state index contributed by atoms with van der Waals surface area (Å²) in [6.07, 6.45) is 0.915. The van der Waals surface area contributed by atoms with Gasteiger partial charge < -0.3 is 15.0 Å². The van der Waals surface area contributed by atoms with E-state index in [0.717, 1.165) is 23.4 Å². The van der Waals surface area contributed by atoms with Gasteiger partial charge in [0.2, 0.25) is 0 Å². The number of nitrogen functional groups attached to an aromatic ring is 1. The fourth-order valence-electron chi connectivity index (χ4n) is 2.35. The fraction of sp³-hybridized carbons (Fsp3) is 0.294. The van der Waals surface area contributed by atoms with E-state index in [9.17, 15) is 4.79 Å². The summed E-state index contributed by atoms with van der Waals surface area (Å²) in [5.41, 5.74) is 7.07. The van der Waals surface area contributed by atoms with Crippen molar-refractivity contribution in [3.8, 4) is 17.0 Å². The predicted octanol–water partition coefficient (Wildman–Crippen LogP) is 2.61. The first-order valence-corrected chi connectivity index (χ1v) is 7.40. The number of rotatable bonds is 6. The van der Waals surface area contributed by atoms with Crippen LogP contribution in [-0.2, 0) is 6.54 Å². The Morgan fingerprint density at radius 1 is 1.23 bits per heavy atom. The summed E-state index contributed by atoms with van der Waals surface area (Å²) in [6, 6.07) is 11.1. The Bertz CT molecular complexity index is 735. The lowest BCUT2D eigenvalue weighted by molar-refractivity contribution is 0.318. The molecule has 22 heavy (non-hydrogen) atoms. The van der Waals surface area contributed by atoms with Crippen molar-refractivity contribution < 1.29 is 4.74 Å². The second kappa shape index (κ2) is 6.93. The standard InChI is InChI=1S/C17H21N3O2/c1-3-11-22-15-8-6-5-7-12(15)14-10-9-13(16(18)19)17(21)20(14)4-2/h5-10H,3-4,11H2,1-2H3,(H3,18,19). The van der Waals surface area contributed by atoms with E-state index in [4.69, 9.17) is 15.9 Å². The van der Waals surface area contributed by atoms with Gasteiger partial charge in [-0.05, 0) is 37.6 Å². The van der Waals surface area contributed by atoms with Gasteiger partial charge in [-0.1, -0.05) is 19.1 Å². The largest absolute Gasteiger partial charge is 0.493 e. The van der Waals surface area contributed by atoms with Gasteiger partial charge in [-0.2, -0.15) is 0 Å². The van der Waals surface area contributed by atoms with E-state index in [2.05, 4.69) is 0 Å². The first-order chi connectivity index (χ1) is 10.6. The van der Waals surface area contributed by atoms with E-state index in [1.54, 1.807) is 10.6 Å². The van der Waals surface area contributed by atoms with Crippen LogP contribution in [0.2, 0.25) is 0 Å². The number of nitrogens with zero attached hydrogens (tertiary/aromatic N) is 1. The number of hydrogen-bond acceptors (Lipinski definition) is 3.